The quantitative estimate of drug-likeness (QED) is 0.380. The van der Waals surface area contributed by atoms with Crippen molar-refractivity contribution >= 4 is 34.6 Å². The summed E-state index contributed by atoms with van der Waals surface area (Å²) in [7, 11) is 0. The molecule has 1 aliphatic carbocycles. The van der Waals surface area contributed by atoms with Gasteiger partial charge in [-0.05, 0) is 56.0 Å². The number of aromatic nitrogens is 5. The highest BCUT2D eigenvalue weighted by Gasteiger charge is 2.33. The predicted molar refractivity (Wildman–Crippen MR) is 138 cm³/mol. The number of hydrogen-bond donors (Lipinski definition) is 2. The third kappa shape index (κ3) is 4.21. The number of fused-ring (bicyclic) bond motifs is 1. The number of aromatic amines is 1. The molecular weight excluding hydrogens is 474 g/mol. The second kappa shape index (κ2) is 9.69. The summed E-state index contributed by atoms with van der Waals surface area (Å²) in [6.45, 7) is 0.755. The smallest absolute Gasteiger partial charge is 0.262 e. The Balaban J connectivity index is 1.20. The maximum atomic E-state index is 13.3. The van der Waals surface area contributed by atoms with E-state index in [1.807, 2.05) is 33.9 Å². The Labute approximate surface area is 212 Å². The molecule has 10 heteroatoms. The van der Waals surface area contributed by atoms with Gasteiger partial charge in [0.05, 0.1) is 23.6 Å². The molecule has 2 amide bonds. The first-order valence-electron chi connectivity index (χ1n) is 12.4. The number of rotatable bonds is 5. The van der Waals surface area contributed by atoms with E-state index in [0.29, 0.717) is 17.0 Å². The minimum Gasteiger partial charge on any atom is -0.334 e. The monoisotopic (exact) mass is 501 g/mol. The van der Waals surface area contributed by atoms with Gasteiger partial charge in [0.15, 0.2) is 11.5 Å². The average molecular weight is 502 g/mol. The number of likely N-dealkylation sites (tertiary alicyclic amines) is 1. The number of nitrogens with zero attached hydrogens (tertiary/aromatic N) is 5. The van der Waals surface area contributed by atoms with Gasteiger partial charge in [-0.25, -0.2) is 9.50 Å². The largest absolute Gasteiger partial charge is 0.334 e. The van der Waals surface area contributed by atoms with E-state index in [1.54, 1.807) is 22.0 Å². The Morgan fingerprint density at radius 3 is 2.94 bits per heavy atom. The van der Waals surface area contributed by atoms with Crippen LogP contribution in [0.4, 0.5) is 5.82 Å². The molecule has 2 N–H and O–H groups in total. The molecule has 1 fully saturated rings. The van der Waals surface area contributed by atoms with Crippen molar-refractivity contribution in [1.82, 2.24) is 29.7 Å². The van der Waals surface area contributed by atoms with Crippen LogP contribution >= 0.6 is 11.3 Å². The Hall–Kier alpha value is -3.79. The van der Waals surface area contributed by atoms with Crippen LogP contribution in [-0.2, 0) is 4.79 Å². The van der Waals surface area contributed by atoms with Gasteiger partial charge in [0.2, 0.25) is 5.91 Å². The molecular formula is C26H27N7O2S. The summed E-state index contributed by atoms with van der Waals surface area (Å²) in [6.07, 6.45) is 13.1. The van der Waals surface area contributed by atoms with Gasteiger partial charge in [-0.1, -0.05) is 12.2 Å². The van der Waals surface area contributed by atoms with E-state index < -0.39 is 0 Å². The molecule has 5 heterocycles. The van der Waals surface area contributed by atoms with Crippen molar-refractivity contribution in [3.8, 4) is 11.3 Å². The number of thiophene rings is 1. The zero-order chi connectivity index (χ0) is 24.5. The lowest BCUT2D eigenvalue weighted by Gasteiger charge is -2.37. The lowest BCUT2D eigenvalue weighted by Crippen LogP contribution is -2.42. The first kappa shape index (κ1) is 22.7. The van der Waals surface area contributed by atoms with Crippen LogP contribution in [0.3, 0.4) is 0 Å². The highest BCUT2D eigenvalue weighted by Crippen LogP contribution is 2.34. The molecule has 2 atom stereocenters. The molecule has 4 aromatic heterocycles. The average Bonchev–Trinajstić information content (AvgIpc) is 3.70. The number of carbonyl (C=O) groups is 2. The summed E-state index contributed by atoms with van der Waals surface area (Å²) < 4.78 is 1.68. The van der Waals surface area contributed by atoms with Crippen LogP contribution in [-0.4, -0.2) is 48.1 Å². The summed E-state index contributed by atoms with van der Waals surface area (Å²) in [5, 5.41) is 18.7. The van der Waals surface area contributed by atoms with Gasteiger partial charge in [-0.2, -0.15) is 21.5 Å². The van der Waals surface area contributed by atoms with E-state index in [1.165, 1.54) is 6.20 Å². The molecule has 1 saturated heterocycles. The van der Waals surface area contributed by atoms with E-state index in [2.05, 4.69) is 37.7 Å². The topological polar surface area (TPSA) is 108 Å². The number of amides is 2. The summed E-state index contributed by atoms with van der Waals surface area (Å²) in [4.78, 5) is 32.8. The first-order valence-corrected chi connectivity index (χ1v) is 13.3. The SMILES string of the molecule is O=C(Nc1cc(C2CCCCN2C(=O)[C@@H]2CC=CCC2)[nH]n1)c1cnn2c(-c3ccsc3)ccnc12. The van der Waals surface area contributed by atoms with E-state index in [-0.39, 0.29) is 23.8 Å². The van der Waals surface area contributed by atoms with Gasteiger partial charge in [-0.3, -0.25) is 14.7 Å². The molecule has 6 rings (SSSR count). The number of nitrogens with one attached hydrogen (secondary N) is 2. The zero-order valence-corrected chi connectivity index (χ0v) is 20.6. The van der Waals surface area contributed by atoms with Crippen molar-refractivity contribution in [2.24, 2.45) is 5.92 Å². The van der Waals surface area contributed by atoms with Gasteiger partial charge in [0.1, 0.15) is 5.56 Å². The van der Waals surface area contributed by atoms with E-state index in [0.717, 1.165) is 62.0 Å². The molecule has 1 unspecified atom stereocenters. The molecule has 0 spiro atoms. The Morgan fingerprint density at radius 2 is 2.11 bits per heavy atom. The van der Waals surface area contributed by atoms with Crippen molar-refractivity contribution in [2.45, 2.75) is 44.6 Å². The predicted octanol–water partition coefficient (Wildman–Crippen LogP) is 4.84. The van der Waals surface area contributed by atoms with Crippen molar-refractivity contribution in [3.63, 3.8) is 0 Å². The van der Waals surface area contributed by atoms with Crippen LogP contribution in [0.5, 0.6) is 0 Å². The normalized spacial score (nSPS) is 20.1. The fraction of sp³-hybridized carbons (Fsp3) is 0.346. The van der Waals surface area contributed by atoms with Gasteiger partial charge in [-0.15, -0.1) is 0 Å². The molecule has 0 radical (unpaired) electrons. The van der Waals surface area contributed by atoms with Crippen LogP contribution in [0, 0.1) is 5.92 Å². The van der Waals surface area contributed by atoms with Crippen LogP contribution < -0.4 is 5.32 Å². The Kier molecular flexibility index (Phi) is 6.10. The number of anilines is 1. The molecule has 36 heavy (non-hydrogen) atoms. The molecule has 9 nitrogen and oxygen atoms in total. The lowest BCUT2D eigenvalue weighted by atomic mass is 9.90. The fourth-order valence-electron chi connectivity index (χ4n) is 5.21. The standard InChI is InChI=1S/C26H27N7O2S/c34-25(19-15-28-33-21(9-11-27-24(19)33)18-10-13-36-16-18)29-23-14-20(30-31-23)22-8-4-5-12-32(22)26(35)17-6-2-1-3-7-17/h1-2,9-11,13-17,22H,3-8,12H2,(H2,29,30,31,34)/t17-,22?/m1/s1. The minimum absolute atomic E-state index is 0.0536. The molecule has 0 saturated carbocycles. The van der Waals surface area contributed by atoms with Gasteiger partial charge in [0, 0.05) is 35.7 Å². The number of carbonyl (C=O) groups excluding carboxylic acids is 2. The van der Waals surface area contributed by atoms with Crippen LogP contribution in [0.25, 0.3) is 16.9 Å². The van der Waals surface area contributed by atoms with E-state index in [4.69, 9.17) is 0 Å². The van der Waals surface area contributed by atoms with E-state index >= 15 is 0 Å². The van der Waals surface area contributed by atoms with Gasteiger partial charge < -0.3 is 10.2 Å². The molecule has 184 valence electrons. The second-order valence-corrected chi connectivity index (χ2v) is 10.1. The highest BCUT2D eigenvalue weighted by molar-refractivity contribution is 7.08. The molecule has 0 aromatic carbocycles. The molecule has 0 bridgehead atoms. The summed E-state index contributed by atoms with van der Waals surface area (Å²) in [5.74, 6) is 0.369. The first-order chi connectivity index (χ1) is 17.7. The Morgan fingerprint density at radius 1 is 1.17 bits per heavy atom. The third-order valence-electron chi connectivity index (χ3n) is 7.07. The highest BCUT2D eigenvalue weighted by atomic mass is 32.1. The summed E-state index contributed by atoms with van der Waals surface area (Å²) in [6, 6.07) is 5.67. The lowest BCUT2D eigenvalue weighted by molar-refractivity contribution is -0.139. The Bertz CT molecular complexity index is 1420. The molecule has 1 aliphatic heterocycles. The number of piperidine rings is 1. The second-order valence-electron chi connectivity index (χ2n) is 9.32. The van der Waals surface area contributed by atoms with Gasteiger partial charge >= 0.3 is 0 Å². The maximum absolute atomic E-state index is 13.3. The van der Waals surface area contributed by atoms with Crippen molar-refractivity contribution < 1.29 is 9.59 Å². The number of H-pyrrole nitrogens is 1. The minimum atomic E-state index is -0.330. The fourth-order valence-corrected chi connectivity index (χ4v) is 5.86. The van der Waals surface area contributed by atoms with Crippen LogP contribution in [0.2, 0.25) is 0 Å². The third-order valence-corrected chi connectivity index (χ3v) is 7.75. The van der Waals surface area contributed by atoms with Crippen molar-refractivity contribution in [1.29, 1.82) is 0 Å². The molecule has 4 aromatic rings. The van der Waals surface area contributed by atoms with Crippen molar-refractivity contribution in [3.05, 3.63) is 64.8 Å². The summed E-state index contributed by atoms with van der Waals surface area (Å²) >= 11 is 1.60. The number of allylic oxidation sites excluding steroid dienone is 2. The maximum Gasteiger partial charge on any atom is 0.262 e. The molecule has 2 aliphatic rings. The van der Waals surface area contributed by atoms with Crippen LogP contribution in [0.15, 0.2) is 53.5 Å². The van der Waals surface area contributed by atoms with Gasteiger partial charge in [0.25, 0.3) is 5.91 Å². The zero-order valence-electron chi connectivity index (χ0n) is 19.8. The van der Waals surface area contributed by atoms with E-state index in [9.17, 15) is 9.59 Å². The number of hydrogen-bond acceptors (Lipinski definition) is 6. The van der Waals surface area contributed by atoms with Crippen molar-refractivity contribution in [2.75, 3.05) is 11.9 Å². The van der Waals surface area contributed by atoms with Crippen LogP contribution in [0.1, 0.15) is 60.6 Å². The summed E-state index contributed by atoms with van der Waals surface area (Å²) in [5.41, 5.74) is 3.60.